The lowest BCUT2D eigenvalue weighted by Gasteiger charge is -2.48. The highest BCUT2D eigenvalue weighted by molar-refractivity contribution is 5.81. The number of hydrogen-bond donors (Lipinski definition) is 0. The van der Waals surface area contributed by atoms with E-state index in [-0.39, 0.29) is 41.4 Å². The van der Waals surface area contributed by atoms with Crippen molar-refractivity contribution in [1.29, 1.82) is 0 Å². The van der Waals surface area contributed by atoms with Crippen molar-refractivity contribution in [3.05, 3.63) is 11.1 Å². The fraction of sp³-hybridized carbons (Fsp3) is 0.833. The van der Waals surface area contributed by atoms with Gasteiger partial charge in [0.15, 0.2) is 0 Å². The highest BCUT2D eigenvalue weighted by atomic mass is 16.6. The fourth-order valence-electron chi connectivity index (χ4n) is 6.67. The summed E-state index contributed by atoms with van der Waals surface area (Å²) in [6.07, 6.45) is 7.90. The molecule has 0 spiro atoms. The Kier molecular flexibility index (Phi) is 4.91. The van der Waals surface area contributed by atoms with Gasteiger partial charge in [0.1, 0.15) is 12.2 Å². The lowest BCUT2D eigenvalue weighted by molar-refractivity contribution is -0.189. The zero-order valence-electron chi connectivity index (χ0n) is 18.2. The molecule has 0 bridgehead atoms. The van der Waals surface area contributed by atoms with Crippen LogP contribution in [0.1, 0.15) is 86.0 Å². The van der Waals surface area contributed by atoms with Crippen molar-refractivity contribution in [2.45, 2.75) is 98.2 Å². The van der Waals surface area contributed by atoms with Gasteiger partial charge in [-0.25, -0.2) is 0 Å². The van der Waals surface area contributed by atoms with E-state index in [1.807, 2.05) is 13.8 Å². The predicted molar refractivity (Wildman–Crippen MR) is 107 cm³/mol. The summed E-state index contributed by atoms with van der Waals surface area (Å²) in [6.45, 7) is 11.3. The molecular formula is C24H36O4. The number of rotatable bonds is 4. The summed E-state index contributed by atoms with van der Waals surface area (Å²) in [5.74, 6) is 0.196. The molecule has 0 radical (unpaired) electrons. The van der Waals surface area contributed by atoms with Crippen LogP contribution in [0.15, 0.2) is 11.1 Å². The second kappa shape index (κ2) is 6.88. The summed E-state index contributed by atoms with van der Waals surface area (Å²) in [6, 6.07) is 0. The van der Waals surface area contributed by atoms with E-state index in [0.29, 0.717) is 17.8 Å². The van der Waals surface area contributed by atoms with Gasteiger partial charge in [0, 0.05) is 6.42 Å². The topological polar surface area (TPSA) is 52.6 Å². The van der Waals surface area contributed by atoms with Gasteiger partial charge in [-0.3, -0.25) is 9.59 Å². The van der Waals surface area contributed by atoms with E-state index in [2.05, 4.69) is 20.8 Å². The van der Waals surface area contributed by atoms with Gasteiger partial charge in [-0.15, -0.1) is 0 Å². The number of ether oxygens (including phenoxy) is 2. The van der Waals surface area contributed by atoms with Crippen molar-refractivity contribution in [3.63, 3.8) is 0 Å². The molecule has 0 aromatic carbocycles. The molecule has 2 saturated carbocycles. The Labute approximate surface area is 169 Å². The van der Waals surface area contributed by atoms with Crippen LogP contribution in [0, 0.1) is 28.6 Å². The molecule has 4 heteroatoms. The van der Waals surface area contributed by atoms with Gasteiger partial charge >= 0.3 is 11.9 Å². The van der Waals surface area contributed by atoms with Crippen LogP contribution in [0.25, 0.3) is 0 Å². The summed E-state index contributed by atoms with van der Waals surface area (Å²) in [5.41, 5.74) is 3.53. The summed E-state index contributed by atoms with van der Waals surface area (Å²) >= 11 is 0. The third-order valence-electron chi connectivity index (χ3n) is 7.65. The van der Waals surface area contributed by atoms with Crippen LogP contribution >= 0.6 is 0 Å². The zero-order chi connectivity index (χ0) is 20.3. The van der Waals surface area contributed by atoms with E-state index in [1.165, 1.54) is 31.3 Å². The smallest absolute Gasteiger partial charge is 0.313 e. The van der Waals surface area contributed by atoms with Crippen LogP contribution < -0.4 is 0 Å². The molecule has 4 nitrogen and oxygen atoms in total. The highest BCUT2D eigenvalue weighted by Crippen LogP contribution is 2.59. The minimum atomic E-state index is -0.131. The average Bonchev–Trinajstić information content (AvgIpc) is 2.86. The van der Waals surface area contributed by atoms with Crippen LogP contribution in [0.4, 0.5) is 0 Å². The first-order chi connectivity index (χ1) is 13.1. The van der Waals surface area contributed by atoms with Crippen molar-refractivity contribution >= 4 is 11.9 Å². The van der Waals surface area contributed by atoms with E-state index < -0.39 is 0 Å². The molecule has 5 atom stereocenters. The molecule has 3 aliphatic carbocycles. The first-order valence-electron chi connectivity index (χ1n) is 11.2. The Balaban J connectivity index is 1.63. The van der Waals surface area contributed by atoms with Gasteiger partial charge < -0.3 is 9.47 Å². The summed E-state index contributed by atoms with van der Waals surface area (Å²) in [5, 5.41) is 0. The molecule has 0 N–H and O–H groups in total. The maximum Gasteiger partial charge on any atom is 0.313 e. The zero-order valence-corrected chi connectivity index (χ0v) is 18.2. The minimum Gasteiger partial charge on any atom is -0.462 e. The highest BCUT2D eigenvalue weighted by Gasteiger charge is 2.59. The fourth-order valence-corrected chi connectivity index (χ4v) is 6.67. The summed E-state index contributed by atoms with van der Waals surface area (Å²) in [7, 11) is 0. The number of carbonyl (C=O) groups excluding carboxylic acids is 2. The van der Waals surface area contributed by atoms with Gasteiger partial charge in [-0.05, 0) is 55.3 Å². The maximum absolute atomic E-state index is 12.4. The van der Waals surface area contributed by atoms with Crippen molar-refractivity contribution in [2.75, 3.05) is 0 Å². The molecule has 3 fully saturated rings. The Hall–Kier alpha value is -1.32. The molecule has 1 heterocycles. The quantitative estimate of drug-likeness (QED) is 0.490. The first kappa shape index (κ1) is 20.0. The van der Waals surface area contributed by atoms with Crippen molar-refractivity contribution in [2.24, 2.45) is 28.6 Å². The SMILES string of the molecule is CC(C)CC(=O)O[C@@H]1CCC([C@]2(C)CCCC(C)(C)C2)=C2C[C@@H]3C(=O)O[C@@H]3[C@H]21. The normalized spacial score (nSPS) is 39.1. The lowest BCUT2D eigenvalue weighted by Crippen LogP contribution is -2.49. The second-order valence-electron chi connectivity index (χ2n) is 11.2. The Bertz CT molecular complexity index is 703. The second-order valence-corrected chi connectivity index (χ2v) is 11.2. The minimum absolute atomic E-state index is 0.0143. The Morgan fingerprint density at radius 2 is 2.00 bits per heavy atom. The van der Waals surface area contributed by atoms with Crippen molar-refractivity contribution in [3.8, 4) is 0 Å². The largest absolute Gasteiger partial charge is 0.462 e. The molecular weight excluding hydrogens is 352 g/mol. The maximum atomic E-state index is 12.4. The number of fused-ring (bicyclic) bond motifs is 3. The Morgan fingerprint density at radius 3 is 2.64 bits per heavy atom. The summed E-state index contributed by atoms with van der Waals surface area (Å²) in [4.78, 5) is 24.4. The van der Waals surface area contributed by atoms with Crippen LogP contribution in [-0.4, -0.2) is 24.1 Å². The van der Waals surface area contributed by atoms with Gasteiger partial charge in [-0.1, -0.05) is 52.2 Å². The van der Waals surface area contributed by atoms with Gasteiger partial charge in [0.2, 0.25) is 0 Å². The Morgan fingerprint density at radius 1 is 1.25 bits per heavy atom. The van der Waals surface area contributed by atoms with Crippen LogP contribution in [-0.2, 0) is 19.1 Å². The third-order valence-corrected chi connectivity index (χ3v) is 7.65. The molecule has 4 aliphatic rings. The number of hydrogen-bond acceptors (Lipinski definition) is 4. The third kappa shape index (κ3) is 3.41. The standard InChI is InChI=1S/C24H36O4/c1-14(2)11-19(25)27-18-8-7-17(24(5)10-6-9-23(3,4)13-24)15-12-16-21(20(15)18)28-22(16)26/h14,16,18,20-21H,6-13H2,1-5H3/t16-,18+,20+,21-,24+/m0/s1. The molecule has 156 valence electrons. The average molecular weight is 389 g/mol. The van der Waals surface area contributed by atoms with Crippen molar-refractivity contribution < 1.29 is 19.1 Å². The van der Waals surface area contributed by atoms with Gasteiger partial charge in [0.25, 0.3) is 0 Å². The first-order valence-corrected chi connectivity index (χ1v) is 11.2. The summed E-state index contributed by atoms with van der Waals surface area (Å²) < 4.78 is 11.5. The van der Waals surface area contributed by atoms with E-state index in [1.54, 1.807) is 5.57 Å². The predicted octanol–water partition coefficient (Wildman–Crippen LogP) is 5.20. The van der Waals surface area contributed by atoms with E-state index in [9.17, 15) is 9.59 Å². The van der Waals surface area contributed by atoms with E-state index in [4.69, 9.17) is 9.47 Å². The lowest BCUT2D eigenvalue weighted by atomic mass is 9.58. The van der Waals surface area contributed by atoms with Gasteiger partial charge in [-0.2, -0.15) is 0 Å². The van der Waals surface area contributed by atoms with E-state index >= 15 is 0 Å². The van der Waals surface area contributed by atoms with Crippen LogP contribution in [0.2, 0.25) is 0 Å². The van der Waals surface area contributed by atoms with Crippen molar-refractivity contribution in [1.82, 2.24) is 0 Å². The molecule has 4 rings (SSSR count). The number of allylic oxidation sites excluding steroid dienone is 1. The molecule has 0 unspecified atom stereocenters. The van der Waals surface area contributed by atoms with E-state index in [0.717, 1.165) is 19.3 Å². The molecule has 0 aromatic rings. The van der Waals surface area contributed by atoms with Crippen LogP contribution in [0.3, 0.4) is 0 Å². The molecule has 28 heavy (non-hydrogen) atoms. The number of carbonyl (C=O) groups is 2. The van der Waals surface area contributed by atoms with Crippen LogP contribution in [0.5, 0.6) is 0 Å². The monoisotopic (exact) mass is 388 g/mol. The molecule has 0 amide bonds. The van der Waals surface area contributed by atoms with Gasteiger partial charge in [0.05, 0.1) is 11.8 Å². The number of esters is 2. The molecule has 1 saturated heterocycles. The molecule has 1 aliphatic heterocycles. The molecule has 0 aromatic heterocycles.